The van der Waals surface area contributed by atoms with E-state index in [1.165, 1.54) is 74.9 Å². The molecule has 0 bridgehead atoms. The minimum absolute atomic E-state index is 0.00765. The van der Waals surface area contributed by atoms with Crippen molar-refractivity contribution >= 4 is 105 Å². The van der Waals surface area contributed by atoms with Crippen LogP contribution in [0.15, 0.2) is 124 Å². The molecule has 6 aromatic carbocycles. The van der Waals surface area contributed by atoms with Crippen molar-refractivity contribution in [3.8, 4) is 0 Å². The SMILES string of the molecule is COC(=O)c1cc(NS(=O)(=O)c2ccc3ccc(N=C(N)Nc4ccc5ccc(S(=O)(=O)Nc6ccc(Cl)c(C(=O)OC)c6)cc5c4)cc3c2)ccc1Cl. The standard InChI is InChI=1S/C37H29Cl2N5O8S2/c1-51-35(45)31-19-27(9-13-33(31)38)43-53(47,48)29-11-5-21-3-7-25(15-23(21)17-29)41-37(40)42-26-8-4-22-6-12-30(18-24(22)16-26)54(49,50)44-28-10-14-34(39)32(20-28)36(46)52-2/h3-20,43-44H,1-2H3,(H3,40,41,42). The molecule has 0 aromatic heterocycles. The summed E-state index contributed by atoms with van der Waals surface area (Å²) in [5.41, 5.74) is 7.45. The molecule has 0 unspecified atom stereocenters. The number of halogens is 2. The van der Waals surface area contributed by atoms with Gasteiger partial charge in [0.15, 0.2) is 5.96 Å². The number of carbonyl (C=O) groups is 2. The van der Waals surface area contributed by atoms with Crippen molar-refractivity contribution in [2.75, 3.05) is 29.0 Å². The first-order chi connectivity index (χ1) is 25.6. The van der Waals surface area contributed by atoms with E-state index < -0.39 is 32.0 Å². The highest BCUT2D eigenvalue weighted by atomic mass is 35.5. The molecular formula is C37H29Cl2N5O8S2. The molecule has 0 spiro atoms. The Morgan fingerprint density at radius 2 is 1.02 bits per heavy atom. The highest BCUT2D eigenvalue weighted by molar-refractivity contribution is 7.93. The van der Waals surface area contributed by atoms with Crippen LogP contribution in [-0.4, -0.2) is 49.0 Å². The number of nitrogens with two attached hydrogens (primary N) is 1. The number of ether oxygens (including phenoxy) is 2. The number of esters is 2. The van der Waals surface area contributed by atoms with E-state index in [9.17, 15) is 26.4 Å². The number of hydrogen-bond acceptors (Lipinski definition) is 9. The zero-order valence-corrected chi connectivity index (χ0v) is 31.4. The molecule has 54 heavy (non-hydrogen) atoms. The largest absolute Gasteiger partial charge is 0.465 e. The number of rotatable bonds is 10. The lowest BCUT2D eigenvalue weighted by Gasteiger charge is -2.12. The second-order valence-corrected chi connectivity index (χ2v) is 15.8. The van der Waals surface area contributed by atoms with Crippen LogP contribution < -0.4 is 20.5 Å². The van der Waals surface area contributed by atoms with E-state index >= 15 is 0 Å². The van der Waals surface area contributed by atoms with E-state index in [1.807, 2.05) is 0 Å². The van der Waals surface area contributed by atoms with Crippen molar-refractivity contribution in [1.29, 1.82) is 0 Å². The lowest BCUT2D eigenvalue weighted by atomic mass is 10.1. The van der Waals surface area contributed by atoms with E-state index in [0.717, 1.165) is 10.8 Å². The molecule has 0 radical (unpaired) electrons. The van der Waals surface area contributed by atoms with Crippen molar-refractivity contribution in [2.45, 2.75) is 9.79 Å². The predicted molar refractivity (Wildman–Crippen MR) is 210 cm³/mol. The number of hydrogen-bond donors (Lipinski definition) is 4. The summed E-state index contributed by atoms with van der Waals surface area (Å²) in [6.45, 7) is 0. The van der Waals surface area contributed by atoms with E-state index in [1.54, 1.807) is 48.5 Å². The molecule has 0 aliphatic carbocycles. The van der Waals surface area contributed by atoms with Crippen LogP contribution in [0.2, 0.25) is 10.0 Å². The molecule has 0 atom stereocenters. The predicted octanol–water partition coefficient (Wildman–Crippen LogP) is 7.53. The first kappa shape index (κ1) is 37.9. The van der Waals surface area contributed by atoms with Crippen LogP contribution in [0.1, 0.15) is 20.7 Å². The molecule has 13 nitrogen and oxygen atoms in total. The Hall–Kier alpha value is -5.87. The second-order valence-electron chi connectivity index (χ2n) is 11.6. The van der Waals surface area contributed by atoms with E-state index in [4.69, 9.17) is 38.4 Å². The molecule has 17 heteroatoms. The molecule has 6 rings (SSSR count). The molecule has 0 saturated carbocycles. The lowest BCUT2D eigenvalue weighted by molar-refractivity contribution is 0.0592. The van der Waals surface area contributed by atoms with Crippen LogP contribution in [-0.2, 0) is 29.5 Å². The van der Waals surface area contributed by atoms with Gasteiger partial charge in [-0.1, -0.05) is 47.5 Å². The first-order valence-electron chi connectivity index (χ1n) is 15.7. The summed E-state index contributed by atoms with van der Waals surface area (Å²) < 4.78 is 67.5. The summed E-state index contributed by atoms with van der Waals surface area (Å²) in [4.78, 5) is 28.4. The number of guanidine groups is 1. The third-order valence-corrected chi connectivity index (χ3v) is 11.4. The fourth-order valence-corrected chi connectivity index (χ4v) is 7.93. The molecule has 0 aliphatic rings. The highest BCUT2D eigenvalue weighted by Crippen LogP contribution is 2.29. The summed E-state index contributed by atoms with van der Waals surface area (Å²) >= 11 is 12.1. The Bertz CT molecular complexity index is 2740. The molecule has 276 valence electrons. The van der Waals surface area contributed by atoms with Crippen molar-refractivity contribution in [1.82, 2.24) is 0 Å². The second kappa shape index (κ2) is 15.2. The Labute approximate surface area is 319 Å². The topological polar surface area (TPSA) is 195 Å². The van der Waals surface area contributed by atoms with Gasteiger partial charge < -0.3 is 20.5 Å². The monoisotopic (exact) mass is 805 g/mol. The molecule has 0 heterocycles. The Morgan fingerprint density at radius 3 is 1.52 bits per heavy atom. The van der Waals surface area contributed by atoms with Crippen LogP contribution in [0.25, 0.3) is 21.5 Å². The zero-order chi connectivity index (χ0) is 38.8. The molecule has 5 N–H and O–H groups in total. The molecule has 0 aliphatic heterocycles. The maximum Gasteiger partial charge on any atom is 0.339 e. The number of nitrogens with one attached hydrogen (secondary N) is 3. The molecule has 0 saturated heterocycles. The van der Waals surface area contributed by atoms with Crippen LogP contribution in [0.4, 0.5) is 22.7 Å². The van der Waals surface area contributed by atoms with Crippen molar-refractivity contribution < 1.29 is 35.9 Å². The van der Waals surface area contributed by atoms with Gasteiger partial charge in [0.25, 0.3) is 20.0 Å². The van der Waals surface area contributed by atoms with Gasteiger partial charge in [-0.05, 0) is 106 Å². The van der Waals surface area contributed by atoms with Crippen molar-refractivity contribution in [3.05, 3.63) is 130 Å². The molecule has 0 amide bonds. The minimum atomic E-state index is -4.08. The maximum atomic E-state index is 13.3. The highest BCUT2D eigenvalue weighted by Gasteiger charge is 2.20. The average Bonchev–Trinajstić information content (AvgIpc) is 3.14. The quantitative estimate of drug-likeness (QED) is 0.0610. The lowest BCUT2D eigenvalue weighted by Crippen LogP contribution is -2.21. The normalized spacial score (nSPS) is 12.0. The zero-order valence-electron chi connectivity index (χ0n) is 28.3. The van der Waals surface area contributed by atoms with Crippen molar-refractivity contribution in [2.24, 2.45) is 10.7 Å². The number of sulfonamides is 2. The number of nitrogens with zero attached hydrogens (tertiary/aromatic N) is 1. The first-order valence-corrected chi connectivity index (χ1v) is 19.4. The van der Waals surface area contributed by atoms with Gasteiger partial charge in [-0.2, -0.15) is 0 Å². The third kappa shape index (κ3) is 8.34. The van der Waals surface area contributed by atoms with Gasteiger partial charge in [0.1, 0.15) is 0 Å². The molecule has 6 aromatic rings. The maximum absolute atomic E-state index is 13.3. The van der Waals surface area contributed by atoms with Gasteiger partial charge in [0.05, 0.1) is 50.9 Å². The van der Waals surface area contributed by atoms with Crippen LogP contribution >= 0.6 is 23.2 Å². The number of anilines is 3. The van der Waals surface area contributed by atoms with E-state index in [-0.39, 0.29) is 48.3 Å². The van der Waals surface area contributed by atoms with Gasteiger partial charge in [-0.25, -0.2) is 31.4 Å². The smallest absolute Gasteiger partial charge is 0.339 e. The summed E-state index contributed by atoms with van der Waals surface area (Å²) in [5, 5.41) is 5.86. The van der Waals surface area contributed by atoms with Gasteiger partial charge >= 0.3 is 11.9 Å². The number of methoxy groups -OCH3 is 2. The van der Waals surface area contributed by atoms with E-state index in [2.05, 4.69) is 19.8 Å². The van der Waals surface area contributed by atoms with Crippen LogP contribution in [0.3, 0.4) is 0 Å². The third-order valence-electron chi connectivity index (χ3n) is 8.00. The van der Waals surface area contributed by atoms with Gasteiger partial charge in [0.2, 0.25) is 0 Å². The number of fused-ring (bicyclic) bond motifs is 2. The number of benzene rings is 6. The fraction of sp³-hybridized carbons (Fsp3) is 0.0541. The van der Waals surface area contributed by atoms with Crippen LogP contribution in [0, 0.1) is 0 Å². The summed E-state index contributed by atoms with van der Waals surface area (Å²) in [7, 11) is -5.77. The molecule has 0 fully saturated rings. The number of aliphatic imine (C=N–C) groups is 1. The average molecular weight is 807 g/mol. The fourth-order valence-electron chi connectivity index (χ4n) is 5.37. The molecular weight excluding hydrogens is 777 g/mol. The van der Waals surface area contributed by atoms with Gasteiger partial charge in [-0.3, -0.25) is 9.44 Å². The van der Waals surface area contributed by atoms with E-state index in [0.29, 0.717) is 22.1 Å². The summed E-state index contributed by atoms with van der Waals surface area (Å²) in [6, 6.07) is 27.8. The number of carbonyl (C=O) groups excluding carboxylic acids is 2. The Morgan fingerprint density at radius 1 is 0.574 bits per heavy atom. The summed E-state index contributed by atoms with van der Waals surface area (Å²) in [5.74, 6) is -1.41. The Kier molecular flexibility index (Phi) is 10.7. The van der Waals surface area contributed by atoms with Gasteiger partial charge in [0, 0.05) is 17.1 Å². The minimum Gasteiger partial charge on any atom is -0.465 e. The summed E-state index contributed by atoms with van der Waals surface area (Å²) in [6.07, 6.45) is 0. The Balaban J connectivity index is 1.20. The van der Waals surface area contributed by atoms with Gasteiger partial charge in [-0.15, -0.1) is 0 Å². The van der Waals surface area contributed by atoms with Crippen LogP contribution in [0.5, 0.6) is 0 Å². The van der Waals surface area contributed by atoms with Crippen molar-refractivity contribution in [3.63, 3.8) is 0 Å².